The summed E-state index contributed by atoms with van der Waals surface area (Å²) in [6, 6.07) is -0.617. The van der Waals surface area contributed by atoms with Crippen molar-refractivity contribution < 1.29 is 28.5 Å². The Morgan fingerprint density at radius 3 is 2.50 bits per heavy atom. The molecule has 1 saturated carbocycles. The van der Waals surface area contributed by atoms with Gasteiger partial charge in [-0.3, -0.25) is 4.90 Å². The molecular formula is C17H29NO6. The van der Waals surface area contributed by atoms with E-state index in [1.54, 1.807) is 18.9 Å². The zero-order chi connectivity index (χ0) is 18.0. The number of esters is 1. The van der Waals surface area contributed by atoms with Crippen LogP contribution < -0.4 is 0 Å². The van der Waals surface area contributed by atoms with Crippen LogP contribution >= 0.6 is 0 Å². The Balaban J connectivity index is 2.05. The molecule has 24 heavy (non-hydrogen) atoms. The van der Waals surface area contributed by atoms with E-state index < -0.39 is 17.7 Å². The number of methoxy groups -OCH3 is 1. The van der Waals surface area contributed by atoms with Crippen LogP contribution in [-0.4, -0.2) is 68.2 Å². The molecular weight excluding hydrogens is 314 g/mol. The maximum absolute atomic E-state index is 12.6. The number of piperidine rings is 1. The molecule has 1 aliphatic carbocycles. The van der Waals surface area contributed by atoms with E-state index in [4.69, 9.17) is 18.9 Å². The van der Waals surface area contributed by atoms with Gasteiger partial charge in [-0.05, 0) is 40.5 Å². The van der Waals surface area contributed by atoms with Gasteiger partial charge in [0.2, 0.25) is 0 Å². The number of carbonyl (C=O) groups excluding carboxylic acids is 2. The van der Waals surface area contributed by atoms with E-state index in [-0.39, 0.29) is 17.4 Å². The van der Waals surface area contributed by atoms with Crippen molar-refractivity contribution in [1.29, 1.82) is 0 Å². The zero-order valence-electron chi connectivity index (χ0n) is 15.3. The first-order valence-corrected chi connectivity index (χ1v) is 8.49. The van der Waals surface area contributed by atoms with Crippen molar-refractivity contribution in [2.75, 3.05) is 33.5 Å². The van der Waals surface area contributed by atoms with Crippen LogP contribution in [0.3, 0.4) is 0 Å². The topological polar surface area (TPSA) is 74.3 Å². The lowest BCUT2D eigenvalue weighted by Crippen LogP contribution is -2.46. The molecule has 2 fully saturated rings. The van der Waals surface area contributed by atoms with E-state index in [9.17, 15) is 9.59 Å². The number of likely N-dealkylation sites (tertiary alicyclic amines) is 1. The number of nitrogens with zero attached hydrogens (tertiary/aromatic N) is 1. The van der Waals surface area contributed by atoms with Gasteiger partial charge in [-0.1, -0.05) is 0 Å². The second-order valence-corrected chi connectivity index (χ2v) is 7.49. The third kappa shape index (κ3) is 4.19. The molecule has 0 aromatic heterocycles. The molecule has 2 rings (SSSR count). The van der Waals surface area contributed by atoms with Crippen molar-refractivity contribution in [1.82, 2.24) is 4.90 Å². The Bertz CT molecular complexity index is 474. The lowest BCUT2D eigenvalue weighted by molar-refractivity contribution is -0.149. The summed E-state index contributed by atoms with van der Waals surface area (Å²) >= 11 is 0. The van der Waals surface area contributed by atoms with Crippen molar-refractivity contribution in [2.24, 2.45) is 5.41 Å². The summed E-state index contributed by atoms with van der Waals surface area (Å²) in [5.41, 5.74) is -0.770. The van der Waals surface area contributed by atoms with Gasteiger partial charge in [0.15, 0.2) is 0 Å². The molecule has 1 saturated heterocycles. The minimum atomic E-state index is -0.606. The SMILES string of the molecule is CCOC(=O)[C@@H]1C[C@@]2(COCCOC)C[C@H]2N1C(=O)OC(C)(C)C. The molecule has 0 radical (unpaired) electrons. The average molecular weight is 343 g/mol. The van der Waals surface area contributed by atoms with Gasteiger partial charge in [0.25, 0.3) is 0 Å². The summed E-state index contributed by atoms with van der Waals surface area (Å²) in [6.07, 6.45) is 0.930. The van der Waals surface area contributed by atoms with E-state index in [1.807, 2.05) is 20.8 Å². The predicted octanol–water partition coefficient (Wildman–Crippen LogP) is 1.98. The second kappa shape index (κ2) is 7.27. The van der Waals surface area contributed by atoms with Crippen LogP contribution in [0.2, 0.25) is 0 Å². The summed E-state index contributed by atoms with van der Waals surface area (Å²) in [4.78, 5) is 26.4. The number of ether oxygens (including phenoxy) is 4. The van der Waals surface area contributed by atoms with Gasteiger partial charge in [-0.15, -0.1) is 0 Å². The van der Waals surface area contributed by atoms with Gasteiger partial charge in [-0.2, -0.15) is 0 Å². The van der Waals surface area contributed by atoms with Crippen LogP contribution in [0.1, 0.15) is 40.5 Å². The van der Waals surface area contributed by atoms with E-state index >= 15 is 0 Å². The molecule has 0 bridgehead atoms. The fourth-order valence-electron chi connectivity index (χ4n) is 3.28. The summed E-state index contributed by atoms with van der Waals surface area (Å²) in [6.45, 7) is 9.03. The van der Waals surface area contributed by atoms with Crippen LogP contribution in [0.4, 0.5) is 4.79 Å². The minimum absolute atomic E-state index is 0.0238. The summed E-state index contributed by atoms with van der Waals surface area (Å²) in [5, 5.41) is 0. The Labute approximate surface area is 143 Å². The maximum Gasteiger partial charge on any atom is 0.411 e. The molecule has 1 amide bonds. The number of rotatable bonds is 7. The van der Waals surface area contributed by atoms with Crippen molar-refractivity contribution in [3.05, 3.63) is 0 Å². The fraction of sp³-hybridized carbons (Fsp3) is 0.882. The monoisotopic (exact) mass is 343 g/mol. The normalized spacial score (nSPS) is 28.5. The van der Waals surface area contributed by atoms with Crippen LogP contribution in [0.5, 0.6) is 0 Å². The molecule has 7 heteroatoms. The Morgan fingerprint density at radius 2 is 1.92 bits per heavy atom. The van der Waals surface area contributed by atoms with Crippen molar-refractivity contribution in [2.45, 2.75) is 58.2 Å². The first-order chi connectivity index (χ1) is 11.2. The van der Waals surface area contributed by atoms with Gasteiger partial charge in [0.05, 0.1) is 26.4 Å². The van der Waals surface area contributed by atoms with Crippen molar-refractivity contribution in [3.8, 4) is 0 Å². The van der Waals surface area contributed by atoms with Gasteiger partial charge in [0, 0.05) is 18.6 Å². The molecule has 0 aromatic rings. The highest BCUT2D eigenvalue weighted by atomic mass is 16.6. The number of amides is 1. The third-order valence-corrected chi connectivity index (χ3v) is 4.40. The van der Waals surface area contributed by atoms with Gasteiger partial charge >= 0.3 is 12.1 Å². The largest absolute Gasteiger partial charge is 0.464 e. The Morgan fingerprint density at radius 1 is 1.21 bits per heavy atom. The average Bonchev–Trinajstić information content (AvgIpc) is 3.06. The Hall–Kier alpha value is -1.34. The first-order valence-electron chi connectivity index (χ1n) is 8.49. The minimum Gasteiger partial charge on any atom is -0.464 e. The van der Waals surface area contributed by atoms with E-state index in [0.29, 0.717) is 32.8 Å². The summed E-state index contributed by atoms with van der Waals surface area (Å²) < 4.78 is 21.3. The summed E-state index contributed by atoms with van der Waals surface area (Å²) in [7, 11) is 1.62. The fourth-order valence-corrected chi connectivity index (χ4v) is 3.28. The number of fused-ring (bicyclic) bond motifs is 1. The standard InChI is InChI=1S/C17H29NO6/c1-6-23-14(19)12-9-17(11-22-8-7-21-5)10-13(17)18(12)15(20)24-16(2,3)4/h12-13H,6-11H2,1-5H3/t12-,13+,17-/m0/s1. The molecule has 3 atom stereocenters. The molecule has 1 aliphatic heterocycles. The van der Waals surface area contributed by atoms with Crippen LogP contribution in [-0.2, 0) is 23.7 Å². The molecule has 1 heterocycles. The van der Waals surface area contributed by atoms with Gasteiger partial charge < -0.3 is 18.9 Å². The van der Waals surface area contributed by atoms with Crippen molar-refractivity contribution >= 4 is 12.1 Å². The molecule has 0 unspecified atom stereocenters. The van der Waals surface area contributed by atoms with Crippen LogP contribution in [0.25, 0.3) is 0 Å². The lowest BCUT2D eigenvalue weighted by atomic mass is 10.0. The number of hydrogen-bond donors (Lipinski definition) is 0. The zero-order valence-corrected chi connectivity index (χ0v) is 15.3. The smallest absolute Gasteiger partial charge is 0.411 e. The molecule has 0 N–H and O–H groups in total. The highest BCUT2D eigenvalue weighted by Crippen LogP contribution is 2.60. The Kier molecular flexibility index (Phi) is 5.75. The van der Waals surface area contributed by atoms with E-state index in [2.05, 4.69) is 0 Å². The number of carbonyl (C=O) groups is 2. The molecule has 138 valence electrons. The highest BCUT2D eigenvalue weighted by Gasteiger charge is 2.68. The third-order valence-electron chi connectivity index (χ3n) is 4.40. The van der Waals surface area contributed by atoms with E-state index in [1.165, 1.54) is 0 Å². The lowest BCUT2D eigenvalue weighted by Gasteiger charge is -2.29. The number of hydrogen-bond acceptors (Lipinski definition) is 6. The highest BCUT2D eigenvalue weighted by molar-refractivity contribution is 5.83. The molecule has 7 nitrogen and oxygen atoms in total. The van der Waals surface area contributed by atoms with E-state index in [0.717, 1.165) is 6.42 Å². The first kappa shape index (κ1) is 19.0. The van der Waals surface area contributed by atoms with Crippen molar-refractivity contribution in [3.63, 3.8) is 0 Å². The molecule has 0 aromatic carbocycles. The van der Waals surface area contributed by atoms with Gasteiger partial charge in [0.1, 0.15) is 11.6 Å². The quantitative estimate of drug-likeness (QED) is 0.520. The van der Waals surface area contributed by atoms with Gasteiger partial charge in [-0.25, -0.2) is 9.59 Å². The van der Waals surface area contributed by atoms with Crippen LogP contribution in [0, 0.1) is 5.41 Å². The molecule has 0 spiro atoms. The second-order valence-electron chi connectivity index (χ2n) is 7.49. The molecule has 2 aliphatic rings. The van der Waals surface area contributed by atoms with Crippen LogP contribution in [0.15, 0.2) is 0 Å². The predicted molar refractivity (Wildman–Crippen MR) is 86.6 cm³/mol. The summed E-state index contributed by atoms with van der Waals surface area (Å²) in [5.74, 6) is -0.369. The maximum atomic E-state index is 12.6.